The van der Waals surface area contributed by atoms with Gasteiger partial charge in [-0.3, -0.25) is 4.79 Å². The van der Waals surface area contributed by atoms with Gasteiger partial charge in [0.25, 0.3) is 5.91 Å². The molecule has 176 valence electrons. The Bertz CT molecular complexity index is 1060. The summed E-state index contributed by atoms with van der Waals surface area (Å²) in [6, 6.07) is 11.2. The first-order valence-corrected chi connectivity index (χ1v) is 11.1. The molecule has 0 fully saturated rings. The Balaban J connectivity index is 2.05. The number of ether oxygens (including phenoxy) is 2. The van der Waals surface area contributed by atoms with Crippen molar-refractivity contribution < 1.29 is 19.1 Å². The highest BCUT2D eigenvalue weighted by Crippen LogP contribution is 2.20. The molecule has 1 N–H and O–H groups in total. The van der Waals surface area contributed by atoms with Gasteiger partial charge in [-0.25, -0.2) is 4.79 Å². The minimum atomic E-state index is -1.05. The number of rotatable bonds is 10. The van der Waals surface area contributed by atoms with Gasteiger partial charge in [0.2, 0.25) is 0 Å². The Morgan fingerprint density at radius 1 is 1.21 bits per heavy atom. The third-order valence-electron chi connectivity index (χ3n) is 5.48. The molecule has 7 nitrogen and oxygen atoms in total. The van der Waals surface area contributed by atoms with Gasteiger partial charge in [0.05, 0.1) is 7.11 Å². The van der Waals surface area contributed by atoms with E-state index in [2.05, 4.69) is 23.7 Å². The summed E-state index contributed by atoms with van der Waals surface area (Å²) >= 11 is 0. The highest BCUT2D eigenvalue weighted by Gasteiger charge is 2.21. The molecule has 1 amide bonds. The molecule has 2 aromatic rings. The fourth-order valence-corrected chi connectivity index (χ4v) is 3.45. The van der Waals surface area contributed by atoms with Gasteiger partial charge in [-0.2, -0.15) is 5.26 Å². The van der Waals surface area contributed by atoms with Gasteiger partial charge in [-0.05, 0) is 56.9 Å². The molecule has 0 radical (unpaired) electrons. The molecule has 1 heterocycles. The second kappa shape index (κ2) is 11.9. The van der Waals surface area contributed by atoms with Crippen LogP contribution in [0.4, 0.5) is 0 Å². The normalized spacial score (nSPS) is 12.2. The lowest BCUT2D eigenvalue weighted by atomic mass is 10.1. The van der Waals surface area contributed by atoms with E-state index in [0.29, 0.717) is 11.7 Å². The average molecular weight is 452 g/mol. The minimum absolute atomic E-state index is 0.150. The van der Waals surface area contributed by atoms with E-state index in [1.807, 2.05) is 44.2 Å². The van der Waals surface area contributed by atoms with Gasteiger partial charge in [-0.1, -0.05) is 32.0 Å². The summed E-state index contributed by atoms with van der Waals surface area (Å²) in [6.07, 6.45) is 1.51. The van der Waals surface area contributed by atoms with Gasteiger partial charge in [-0.15, -0.1) is 0 Å². The van der Waals surface area contributed by atoms with Gasteiger partial charge in [0.1, 0.15) is 17.4 Å². The van der Waals surface area contributed by atoms with Crippen LogP contribution in [-0.4, -0.2) is 29.7 Å². The smallest absolute Gasteiger partial charge is 0.349 e. The molecule has 1 aromatic carbocycles. The minimum Gasteiger partial charge on any atom is -0.496 e. The maximum absolute atomic E-state index is 12.6. The number of para-hydroxylation sites is 1. The highest BCUT2D eigenvalue weighted by atomic mass is 16.5. The van der Waals surface area contributed by atoms with Crippen molar-refractivity contribution in [3.63, 3.8) is 0 Å². The van der Waals surface area contributed by atoms with Crippen LogP contribution in [0, 0.1) is 31.1 Å². The monoisotopic (exact) mass is 451 g/mol. The number of aryl methyl sites for hydroxylation is 1. The Kier molecular flexibility index (Phi) is 9.29. The lowest BCUT2D eigenvalue weighted by molar-refractivity contribution is -0.150. The zero-order chi connectivity index (χ0) is 24.5. The molecule has 0 aliphatic heterocycles. The van der Waals surface area contributed by atoms with Crippen LogP contribution in [0.2, 0.25) is 0 Å². The molecule has 1 atom stereocenters. The van der Waals surface area contributed by atoms with E-state index in [0.717, 1.165) is 35.5 Å². The van der Waals surface area contributed by atoms with E-state index in [1.165, 1.54) is 13.0 Å². The summed E-state index contributed by atoms with van der Waals surface area (Å²) in [7, 11) is 1.56. The van der Waals surface area contributed by atoms with Crippen molar-refractivity contribution >= 4 is 18.0 Å². The van der Waals surface area contributed by atoms with Crippen LogP contribution in [0.15, 0.2) is 35.9 Å². The predicted octanol–water partition coefficient (Wildman–Crippen LogP) is 4.31. The summed E-state index contributed by atoms with van der Waals surface area (Å²) in [5.74, 6) is -0.0589. The second-order valence-electron chi connectivity index (χ2n) is 8.41. The van der Waals surface area contributed by atoms with E-state index < -0.39 is 18.0 Å². The van der Waals surface area contributed by atoms with E-state index in [1.54, 1.807) is 13.2 Å². The van der Waals surface area contributed by atoms with Crippen LogP contribution in [0.25, 0.3) is 6.08 Å². The summed E-state index contributed by atoms with van der Waals surface area (Å²) in [6.45, 7) is 10.9. The summed E-state index contributed by atoms with van der Waals surface area (Å²) < 4.78 is 12.7. The standard InChI is InChI=1S/C26H33N3O4/c1-17(2)11-12-29-18(3)13-22(19(29)4)14-23(15-27)26(31)33-20(5)25(30)28-16-21-9-7-8-10-24(21)32-6/h7-10,13-14,17,20H,11-12,16H2,1-6H3,(H,28,30)/b23-14+. The van der Waals surface area contributed by atoms with Crippen molar-refractivity contribution in [1.29, 1.82) is 5.26 Å². The largest absolute Gasteiger partial charge is 0.496 e. The summed E-state index contributed by atoms with van der Waals surface area (Å²) in [5, 5.41) is 12.2. The quantitative estimate of drug-likeness (QED) is 0.330. The molecule has 0 spiro atoms. The number of hydrogen-bond donors (Lipinski definition) is 1. The first kappa shape index (κ1) is 25.7. The van der Waals surface area contributed by atoms with E-state index >= 15 is 0 Å². The van der Waals surface area contributed by atoms with Crippen molar-refractivity contribution in [1.82, 2.24) is 9.88 Å². The number of nitriles is 1. The number of carbonyl (C=O) groups is 2. The number of hydrogen-bond acceptors (Lipinski definition) is 5. The first-order chi connectivity index (χ1) is 15.7. The Morgan fingerprint density at radius 2 is 1.91 bits per heavy atom. The number of methoxy groups -OCH3 is 1. The number of benzene rings is 1. The summed E-state index contributed by atoms with van der Waals surface area (Å²) in [4.78, 5) is 25.0. The number of esters is 1. The average Bonchev–Trinajstić information content (AvgIpc) is 3.06. The van der Waals surface area contributed by atoms with Gasteiger partial charge >= 0.3 is 5.97 Å². The Morgan fingerprint density at radius 3 is 2.55 bits per heavy atom. The maximum atomic E-state index is 12.6. The highest BCUT2D eigenvalue weighted by molar-refractivity contribution is 5.99. The molecular weight excluding hydrogens is 418 g/mol. The molecule has 0 bridgehead atoms. The molecule has 1 aromatic heterocycles. The van der Waals surface area contributed by atoms with Gasteiger partial charge in [0, 0.05) is 30.0 Å². The molecule has 33 heavy (non-hydrogen) atoms. The molecule has 0 saturated heterocycles. The third-order valence-corrected chi connectivity index (χ3v) is 5.48. The fourth-order valence-electron chi connectivity index (χ4n) is 3.45. The predicted molar refractivity (Wildman–Crippen MR) is 127 cm³/mol. The van der Waals surface area contributed by atoms with Crippen LogP contribution in [0.5, 0.6) is 5.75 Å². The first-order valence-electron chi connectivity index (χ1n) is 11.1. The van der Waals surface area contributed by atoms with Crippen molar-refractivity contribution in [2.45, 2.75) is 60.2 Å². The van der Waals surface area contributed by atoms with Crippen LogP contribution in [-0.2, 0) is 27.4 Å². The van der Waals surface area contributed by atoms with Gasteiger partial charge < -0.3 is 19.4 Å². The van der Waals surface area contributed by atoms with Crippen LogP contribution >= 0.6 is 0 Å². The topological polar surface area (TPSA) is 93.3 Å². The SMILES string of the molecule is COc1ccccc1CNC(=O)C(C)OC(=O)/C(C#N)=C/c1cc(C)n(CCC(C)C)c1C. The Labute approximate surface area is 196 Å². The van der Waals surface area contributed by atoms with Gasteiger partial charge in [0.15, 0.2) is 6.10 Å². The van der Waals surface area contributed by atoms with Crippen molar-refractivity contribution in [3.8, 4) is 11.8 Å². The van der Waals surface area contributed by atoms with Crippen LogP contribution in [0.1, 0.15) is 49.7 Å². The van der Waals surface area contributed by atoms with Crippen molar-refractivity contribution in [3.05, 3.63) is 58.4 Å². The van der Waals surface area contributed by atoms with Crippen LogP contribution < -0.4 is 10.1 Å². The lowest BCUT2D eigenvalue weighted by Crippen LogP contribution is -2.35. The third kappa shape index (κ3) is 6.98. The lowest BCUT2D eigenvalue weighted by Gasteiger charge is -2.14. The number of carbonyl (C=O) groups excluding carboxylic acids is 2. The van der Waals surface area contributed by atoms with E-state index in [9.17, 15) is 14.9 Å². The molecule has 0 aliphatic rings. The Hall–Kier alpha value is -3.53. The summed E-state index contributed by atoms with van der Waals surface area (Å²) in [5.41, 5.74) is 3.49. The zero-order valence-corrected chi connectivity index (χ0v) is 20.3. The molecule has 1 unspecified atom stereocenters. The number of amides is 1. The molecule has 0 aliphatic carbocycles. The molecule has 0 saturated carbocycles. The van der Waals surface area contributed by atoms with E-state index in [4.69, 9.17) is 9.47 Å². The zero-order valence-electron chi connectivity index (χ0n) is 20.3. The van der Waals surface area contributed by atoms with Crippen molar-refractivity contribution in [2.24, 2.45) is 5.92 Å². The van der Waals surface area contributed by atoms with Crippen molar-refractivity contribution in [2.75, 3.05) is 7.11 Å². The van der Waals surface area contributed by atoms with Crippen LogP contribution in [0.3, 0.4) is 0 Å². The fraction of sp³-hybridized carbons (Fsp3) is 0.423. The second-order valence-corrected chi connectivity index (χ2v) is 8.41. The van der Waals surface area contributed by atoms with E-state index in [-0.39, 0.29) is 12.1 Å². The number of nitrogens with one attached hydrogen (secondary N) is 1. The number of aromatic nitrogens is 1. The molecule has 2 rings (SSSR count). The molecule has 7 heteroatoms. The number of nitrogens with zero attached hydrogens (tertiary/aromatic N) is 2. The maximum Gasteiger partial charge on any atom is 0.349 e. The molecular formula is C26H33N3O4.